The van der Waals surface area contributed by atoms with Gasteiger partial charge in [-0.1, -0.05) is 21.6 Å². The van der Waals surface area contributed by atoms with Crippen molar-refractivity contribution in [1.29, 1.82) is 0 Å². The summed E-state index contributed by atoms with van der Waals surface area (Å²) in [6.07, 6.45) is 4.12. The first kappa shape index (κ1) is 9.63. The van der Waals surface area contributed by atoms with Crippen LogP contribution in [0.1, 0.15) is 0 Å². The molecule has 0 amide bonds. The molecule has 0 saturated carbocycles. The first-order chi connectivity index (χ1) is 1.91. The average Bonchev–Trinajstić information content (AvgIpc) is 1.37. The van der Waals surface area contributed by atoms with Crippen LogP contribution in [0.15, 0.2) is 0 Å². The zero-order valence-electron chi connectivity index (χ0n) is 3.22. The van der Waals surface area contributed by atoms with E-state index in [1.807, 2.05) is 0 Å². The summed E-state index contributed by atoms with van der Waals surface area (Å²) in [5.41, 5.74) is 0. The minimum absolute atomic E-state index is 0. The Labute approximate surface area is 55.1 Å². The Bertz CT molecular complexity index is 9.61. The molecule has 3 heteroatoms. The zero-order valence-corrected chi connectivity index (χ0v) is 6.86. The van der Waals surface area contributed by atoms with Crippen molar-refractivity contribution < 1.29 is 21.1 Å². The molecule has 0 N–H and O–H groups in total. The van der Waals surface area contributed by atoms with Gasteiger partial charge in [-0.2, -0.15) is 0 Å². The van der Waals surface area contributed by atoms with E-state index in [1.165, 1.54) is 0 Å². The van der Waals surface area contributed by atoms with E-state index in [2.05, 4.69) is 12.5 Å². The molecule has 0 aliphatic rings. The maximum atomic E-state index is 2.06. The van der Waals surface area contributed by atoms with Gasteiger partial charge in [-0.25, -0.2) is 0 Å². The Morgan fingerprint density at radius 3 is 1.20 bits per heavy atom. The smallest absolute Gasteiger partial charge is 0 e. The predicted octanol–water partition coefficient (Wildman–Crippen LogP) is 1.62. The fraction of sp³-hybridized carbons (Fsp3) is 1.00. The summed E-state index contributed by atoms with van der Waals surface area (Å²) in [7, 11) is 3.55. The summed E-state index contributed by atoms with van der Waals surface area (Å²) in [5.74, 6) is 0. The fourth-order valence-corrected chi connectivity index (χ4v) is 0. The minimum atomic E-state index is 0. The molecular formula is C2H6MoS2. The Morgan fingerprint density at radius 2 is 1.20 bits per heavy atom. The van der Waals surface area contributed by atoms with E-state index in [4.69, 9.17) is 0 Å². The summed E-state index contributed by atoms with van der Waals surface area (Å²) >= 11 is 0. The van der Waals surface area contributed by atoms with Crippen molar-refractivity contribution in [3.63, 3.8) is 0 Å². The van der Waals surface area contributed by atoms with Crippen LogP contribution in [0.5, 0.6) is 0 Å². The van der Waals surface area contributed by atoms with Gasteiger partial charge in [0.1, 0.15) is 0 Å². The summed E-state index contributed by atoms with van der Waals surface area (Å²) in [4.78, 5) is 0. The van der Waals surface area contributed by atoms with Crippen LogP contribution in [0.4, 0.5) is 0 Å². The quantitative estimate of drug-likeness (QED) is 0.455. The Balaban J connectivity index is 0. The molecule has 0 aliphatic carbocycles. The molecule has 0 aromatic heterocycles. The van der Waals surface area contributed by atoms with Gasteiger partial charge in [0.15, 0.2) is 0 Å². The van der Waals surface area contributed by atoms with Crippen LogP contribution in [0.2, 0.25) is 0 Å². The van der Waals surface area contributed by atoms with Gasteiger partial charge < -0.3 is 0 Å². The monoisotopic (exact) mass is 192 g/mol. The molecule has 0 fully saturated rings. The van der Waals surface area contributed by atoms with E-state index >= 15 is 0 Å². The van der Waals surface area contributed by atoms with Crippen molar-refractivity contribution in [3.8, 4) is 0 Å². The summed E-state index contributed by atoms with van der Waals surface area (Å²) in [6, 6.07) is 0. The van der Waals surface area contributed by atoms with Crippen molar-refractivity contribution in [1.82, 2.24) is 0 Å². The second-order valence-electron chi connectivity index (χ2n) is 0.333. The molecule has 0 bridgehead atoms. The first-order valence-electron chi connectivity index (χ1n) is 0.983. The van der Waals surface area contributed by atoms with Gasteiger partial charge in [0.25, 0.3) is 0 Å². The SMILES string of the molecule is CSSC.[Mo]. The summed E-state index contributed by atoms with van der Waals surface area (Å²) < 4.78 is 0. The first-order valence-corrected chi connectivity index (χ1v) is 3.95. The molecule has 0 aromatic carbocycles. The van der Waals surface area contributed by atoms with Crippen LogP contribution in [-0.4, -0.2) is 12.5 Å². The molecule has 5 heavy (non-hydrogen) atoms. The van der Waals surface area contributed by atoms with Crippen LogP contribution in [-0.2, 0) is 21.1 Å². The molecule has 0 spiro atoms. The number of hydrogen-bond donors (Lipinski definition) is 0. The second-order valence-corrected chi connectivity index (χ2v) is 3.00. The van der Waals surface area contributed by atoms with E-state index in [1.54, 1.807) is 21.6 Å². The topological polar surface area (TPSA) is 0 Å². The van der Waals surface area contributed by atoms with Gasteiger partial charge in [0.2, 0.25) is 0 Å². The van der Waals surface area contributed by atoms with E-state index in [0.717, 1.165) is 0 Å². The molecule has 0 heterocycles. The standard InChI is InChI=1S/C2H6S2.Mo/c1-3-4-2;/h1-2H3;. The number of rotatable bonds is 1. The fourth-order valence-electron chi connectivity index (χ4n) is 0. The normalized spacial score (nSPS) is 6.00. The van der Waals surface area contributed by atoms with Crippen molar-refractivity contribution >= 4 is 21.6 Å². The minimum Gasteiger partial charge on any atom is -0.0979 e. The summed E-state index contributed by atoms with van der Waals surface area (Å²) in [6.45, 7) is 0. The summed E-state index contributed by atoms with van der Waals surface area (Å²) in [5, 5.41) is 0. The molecule has 0 saturated heterocycles. The van der Waals surface area contributed by atoms with Crippen LogP contribution < -0.4 is 0 Å². The van der Waals surface area contributed by atoms with Crippen molar-refractivity contribution in [2.45, 2.75) is 0 Å². The Kier molecular flexibility index (Phi) is 17.4. The maximum Gasteiger partial charge on any atom is 0 e. The van der Waals surface area contributed by atoms with Crippen LogP contribution >= 0.6 is 21.6 Å². The largest absolute Gasteiger partial charge is 0.0979 e. The third-order valence-corrected chi connectivity index (χ3v) is 1.50. The molecule has 32 valence electrons. The van der Waals surface area contributed by atoms with Gasteiger partial charge in [-0.15, -0.1) is 0 Å². The molecule has 0 nitrogen and oxygen atoms in total. The predicted molar refractivity (Wildman–Crippen MR) is 27.0 cm³/mol. The van der Waals surface area contributed by atoms with Crippen molar-refractivity contribution in [3.05, 3.63) is 0 Å². The zero-order chi connectivity index (χ0) is 3.41. The molecule has 0 rings (SSSR count). The Hall–Kier alpha value is 1.39. The molecule has 0 unspecified atom stereocenters. The van der Waals surface area contributed by atoms with Crippen molar-refractivity contribution in [2.75, 3.05) is 12.5 Å². The third-order valence-electron chi connectivity index (χ3n) is 0.167. The molecule has 0 radical (unpaired) electrons. The second kappa shape index (κ2) is 9.04. The van der Waals surface area contributed by atoms with Gasteiger partial charge in [-0.05, 0) is 12.5 Å². The number of hydrogen-bond acceptors (Lipinski definition) is 2. The van der Waals surface area contributed by atoms with Gasteiger partial charge in [0, 0.05) is 21.1 Å². The Morgan fingerprint density at radius 1 is 1.00 bits per heavy atom. The van der Waals surface area contributed by atoms with Gasteiger partial charge in [0.05, 0.1) is 0 Å². The molecule has 0 aromatic rings. The van der Waals surface area contributed by atoms with Gasteiger partial charge >= 0.3 is 0 Å². The van der Waals surface area contributed by atoms with E-state index in [0.29, 0.717) is 0 Å². The molecular weight excluding hydrogens is 184 g/mol. The van der Waals surface area contributed by atoms with E-state index in [9.17, 15) is 0 Å². The van der Waals surface area contributed by atoms with Crippen molar-refractivity contribution in [2.24, 2.45) is 0 Å². The molecule has 0 aliphatic heterocycles. The molecule has 0 atom stereocenters. The maximum absolute atomic E-state index is 2.06. The average molecular weight is 190 g/mol. The van der Waals surface area contributed by atoms with Crippen LogP contribution in [0, 0.1) is 0 Å². The third kappa shape index (κ3) is 10.8. The van der Waals surface area contributed by atoms with Crippen LogP contribution in [0.3, 0.4) is 0 Å². The van der Waals surface area contributed by atoms with E-state index in [-0.39, 0.29) is 21.1 Å². The van der Waals surface area contributed by atoms with E-state index < -0.39 is 0 Å². The van der Waals surface area contributed by atoms with Gasteiger partial charge in [-0.3, -0.25) is 0 Å². The van der Waals surface area contributed by atoms with Crippen LogP contribution in [0.25, 0.3) is 0 Å².